The second-order valence-corrected chi connectivity index (χ2v) is 9.38. The molecule has 3 heterocycles. The normalized spacial score (nSPS) is 14.1. The quantitative estimate of drug-likeness (QED) is 0.275. The molecule has 38 heavy (non-hydrogen) atoms. The zero-order chi connectivity index (χ0) is 26.9. The lowest BCUT2D eigenvalue weighted by molar-refractivity contribution is -0.274. The fourth-order valence-corrected chi connectivity index (χ4v) is 4.82. The summed E-state index contributed by atoms with van der Waals surface area (Å²) < 4.78 is 44.5. The molecule has 2 aromatic heterocycles. The molecule has 0 bridgehead atoms. The van der Waals surface area contributed by atoms with E-state index in [1.54, 1.807) is 30.3 Å². The Hall–Kier alpha value is -3.54. The summed E-state index contributed by atoms with van der Waals surface area (Å²) in [4.78, 5) is 6.54. The molecule has 13 heteroatoms. The Labute approximate surface area is 225 Å². The Morgan fingerprint density at radius 2 is 1.82 bits per heavy atom. The number of hydrogen-bond acceptors (Lipinski definition) is 8. The average molecular weight is 565 g/mol. The van der Waals surface area contributed by atoms with Gasteiger partial charge < -0.3 is 25.4 Å². The number of rotatable bonds is 6. The molecule has 3 N–H and O–H groups in total. The van der Waals surface area contributed by atoms with Crippen molar-refractivity contribution in [1.82, 2.24) is 20.5 Å². The molecule has 1 aliphatic rings. The number of aromatic nitrogens is 3. The monoisotopic (exact) mass is 564 g/mol. The van der Waals surface area contributed by atoms with Crippen molar-refractivity contribution >= 4 is 51.2 Å². The first kappa shape index (κ1) is 26.1. The third-order valence-corrected chi connectivity index (χ3v) is 6.73. The van der Waals surface area contributed by atoms with E-state index in [1.165, 1.54) is 18.3 Å². The minimum absolute atomic E-state index is 0.000789. The van der Waals surface area contributed by atoms with E-state index in [1.807, 2.05) is 4.90 Å². The van der Waals surface area contributed by atoms with Gasteiger partial charge in [0.25, 0.3) is 0 Å². The van der Waals surface area contributed by atoms with Gasteiger partial charge >= 0.3 is 6.36 Å². The van der Waals surface area contributed by atoms with Crippen LogP contribution in [0.15, 0.2) is 48.7 Å². The Morgan fingerprint density at radius 3 is 2.53 bits per heavy atom. The molecule has 0 radical (unpaired) electrons. The van der Waals surface area contributed by atoms with Crippen molar-refractivity contribution in [2.75, 3.05) is 36.4 Å². The second kappa shape index (κ2) is 10.7. The maximum atomic E-state index is 13.4. The first-order chi connectivity index (χ1) is 18.2. The van der Waals surface area contributed by atoms with Crippen LogP contribution in [-0.4, -0.2) is 52.8 Å². The van der Waals surface area contributed by atoms with Crippen molar-refractivity contribution in [2.24, 2.45) is 0 Å². The number of aromatic hydroxyl groups is 1. The van der Waals surface area contributed by atoms with Crippen molar-refractivity contribution in [3.8, 4) is 11.6 Å². The highest BCUT2D eigenvalue weighted by Crippen LogP contribution is 2.38. The van der Waals surface area contributed by atoms with Crippen LogP contribution in [0, 0.1) is 0 Å². The molecule has 0 unspecified atom stereocenters. The van der Waals surface area contributed by atoms with Gasteiger partial charge in [-0.1, -0.05) is 29.3 Å². The van der Waals surface area contributed by atoms with Crippen LogP contribution in [0.1, 0.15) is 11.3 Å². The highest BCUT2D eigenvalue weighted by atomic mass is 35.5. The number of anilines is 3. The minimum Gasteiger partial charge on any atom is -0.492 e. The Balaban J connectivity index is 1.57. The number of piperazine rings is 1. The van der Waals surface area contributed by atoms with Crippen LogP contribution in [0.2, 0.25) is 10.0 Å². The van der Waals surface area contributed by atoms with Gasteiger partial charge in [0.05, 0.1) is 17.3 Å². The second-order valence-electron chi connectivity index (χ2n) is 8.56. The number of nitrogens with one attached hydrogen (secondary N) is 2. The van der Waals surface area contributed by atoms with Crippen LogP contribution in [0.5, 0.6) is 11.6 Å². The van der Waals surface area contributed by atoms with Crippen LogP contribution < -0.4 is 20.3 Å². The lowest BCUT2D eigenvalue weighted by Gasteiger charge is -2.30. The van der Waals surface area contributed by atoms with E-state index in [2.05, 4.69) is 30.6 Å². The summed E-state index contributed by atoms with van der Waals surface area (Å²) in [6.45, 7) is 2.72. The van der Waals surface area contributed by atoms with Gasteiger partial charge in [-0.3, -0.25) is 0 Å². The molecular formula is C25H21Cl2F3N6O2. The smallest absolute Gasteiger partial charge is 0.492 e. The number of nitrogens with zero attached hydrogens (tertiary/aromatic N) is 4. The Morgan fingerprint density at radius 1 is 1.08 bits per heavy atom. The van der Waals surface area contributed by atoms with Crippen molar-refractivity contribution < 1.29 is 23.0 Å². The van der Waals surface area contributed by atoms with Crippen LogP contribution in [0.4, 0.5) is 30.4 Å². The summed E-state index contributed by atoms with van der Waals surface area (Å²) in [5.41, 5.74) is 1.70. The number of hydrogen-bond donors (Lipinski definition) is 3. The van der Waals surface area contributed by atoms with E-state index in [-0.39, 0.29) is 23.3 Å². The number of fused-ring (bicyclic) bond motifs is 1. The molecule has 0 amide bonds. The molecule has 1 aliphatic heterocycles. The maximum absolute atomic E-state index is 13.4. The van der Waals surface area contributed by atoms with E-state index in [0.717, 1.165) is 0 Å². The molecule has 8 nitrogen and oxygen atoms in total. The molecule has 4 aromatic rings. The molecule has 2 aromatic carbocycles. The summed E-state index contributed by atoms with van der Waals surface area (Å²) in [6, 6.07) is 11.3. The predicted octanol–water partition coefficient (Wildman–Crippen LogP) is 5.68. The molecule has 1 fully saturated rings. The van der Waals surface area contributed by atoms with Crippen molar-refractivity contribution in [2.45, 2.75) is 12.8 Å². The highest BCUT2D eigenvalue weighted by Gasteiger charge is 2.33. The molecule has 1 saturated heterocycles. The van der Waals surface area contributed by atoms with E-state index in [4.69, 9.17) is 23.2 Å². The number of benzene rings is 2. The molecule has 198 valence electrons. The summed E-state index contributed by atoms with van der Waals surface area (Å²) >= 11 is 12.7. The van der Waals surface area contributed by atoms with Gasteiger partial charge in [-0.05, 0) is 35.9 Å². The third kappa shape index (κ3) is 5.79. The highest BCUT2D eigenvalue weighted by molar-refractivity contribution is 6.36. The molecular weight excluding hydrogens is 544 g/mol. The molecule has 5 rings (SSSR count). The van der Waals surface area contributed by atoms with Gasteiger partial charge in [-0.15, -0.1) is 18.3 Å². The van der Waals surface area contributed by atoms with Gasteiger partial charge in [0.15, 0.2) is 5.75 Å². The standard InChI is InChI=1S/C25H21Cl2F3N6O2/c26-18-2-1-3-19(27)17(18)11-15-10-14-13-32-35-24(37)22(14)23(33-15)34-20-5-4-16(36-8-6-31-7-9-36)12-21(20)38-25(28,29)30/h1-5,10,12-13,31H,6-9,11H2,(H,33,34)(H,35,37). The summed E-state index contributed by atoms with van der Waals surface area (Å²) in [5, 5.41) is 25.5. The average Bonchev–Trinajstić information content (AvgIpc) is 2.87. The largest absolute Gasteiger partial charge is 0.573 e. The van der Waals surface area contributed by atoms with Gasteiger partial charge in [0.2, 0.25) is 5.88 Å². The summed E-state index contributed by atoms with van der Waals surface area (Å²) in [6.07, 6.45) is -3.29. The van der Waals surface area contributed by atoms with Gasteiger partial charge in [-0.2, -0.15) is 5.10 Å². The van der Waals surface area contributed by atoms with Gasteiger partial charge in [-0.25, -0.2) is 4.98 Å². The van der Waals surface area contributed by atoms with E-state index < -0.39 is 18.0 Å². The van der Waals surface area contributed by atoms with Crippen LogP contribution >= 0.6 is 23.2 Å². The third-order valence-electron chi connectivity index (χ3n) is 6.02. The molecule has 0 aliphatic carbocycles. The first-order valence-corrected chi connectivity index (χ1v) is 12.3. The summed E-state index contributed by atoms with van der Waals surface area (Å²) in [5.74, 6) is -0.810. The fourth-order valence-electron chi connectivity index (χ4n) is 4.29. The number of pyridine rings is 1. The van der Waals surface area contributed by atoms with Gasteiger partial charge in [0, 0.05) is 65.5 Å². The fraction of sp³-hybridized carbons (Fsp3) is 0.240. The van der Waals surface area contributed by atoms with Crippen molar-refractivity contribution in [1.29, 1.82) is 0 Å². The lowest BCUT2D eigenvalue weighted by atomic mass is 10.1. The molecule has 0 spiro atoms. The zero-order valence-electron chi connectivity index (χ0n) is 19.7. The van der Waals surface area contributed by atoms with Crippen LogP contribution in [-0.2, 0) is 6.42 Å². The number of ether oxygens (including phenoxy) is 1. The number of alkyl halides is 3. The summed E-state index contributed by atoms with van der Waals surface area (Å²) in [7, 11) is 0. The minimum atomic E-state index is -4.93. The van der Waals surface area contributed by atoms with Crippen molar-refractivity contribution in [3.05, 3.63) is 70.0 Å². The predicted molar refractivity (Wildman–Crippen MR) is 140 cm³/mol. The number of halogens is 5. The Kier molecular flexibility index (Phi) is 7.33. The van der Waals surface area contributed by atoms with Crippen molar-refractivity contribution in [3.63, 3.8) is 0 Å². The van der Waals surface area contributed by atoms with Gasteiger partial charge in [0.1, 0.15) is 5.82 Å². The molecule has 0 saturated carbocycles. The van der Waals surface area contributed by atoms with Crippen LogP contribution in [0.3, 0.4) is 0 Å². The first-order valence-electron chi connectivity index (χ1n) is 11.6. The molecule has 0 atom stereocenters. The SMILES string of the molecule is Oc1nncc2cc(Cc3c(Cl)cccc3Cl)nc(Nc3ccc(N4CCNCC4)cc3OC(F)(F)F)c12. The van der Waals surface area contributed by atoms with E-state index >= 15 is 0 Å². The topological polar surface area (TPSA) is 95.4 Å². The maximum Gasteiger partial charge on any atom is 0.573 e. The lowest BCUT2D eigenvalue weighted by Crippen LogP contribution is -2.43. The zero-order valence-corrected chi connectivity index (χ0v) is 21.2. The van der Waals surface area contributed by atoms with Crippen LogP contribution in [0.25, 0.3) is 10.8 Å². The van der Waals surface area contributed by atoms with E-state index in [0.29, 0.717) is 58.6 Å². The Bertz CT molecular complexity index is 1460. The van der Waals surface area contributed by atoms with E-state index in [9.17, 15) is 18.3 Å².